The van der Waals surface area contributed by atoms with Gasteiger partial charge in [-0.1, -0.05) is 71.7 Å². The third kappa shape index (κ3) is 7.04. The molecule has 1 aliphatic heterocycles. The molecule has 1 aliphatic rings. The standard InChI is InChI=1S/C33H36Cl2F2N2O4/c1-31(2,30(41)42-19-20-10-7-6-8-11-20)18-27(33(5,38)23-15-14-22(34)17-25(23)36)39-26(29(40)43-32(39,3)4)16-21-12-9-13-24(35)28(21)37/h6-15,17,26-27H,16,18-19,38H2,1-5H3/t26-,27+,33-/m1/s1. The minimum Gasteiger partial charge on any atom is -0.460 e. The molecule has 10 heteroatoms. The summed E-state index contributed by atoms with van der Waals surface area (Å²) in [5.74, 6) is -2.41. The average Bonchev–Trinajstić information content (AvgIpc) is 3.15. The van der Waals surface area contributed by atoms with Gasteiger partial charge < -0.3 is 15.2 Å². The molecule has 0 amide bonds. The maximum Gasteiger partial charge on any atom is 0.325 e. The molecule has 0 unspecified atom stereocenters. The number of cyclic esters (lactones) is 1. The Morgan fingerprint density at radius 1 is 1.07 bits per heavy atom. The maximum absolute atomic E-state index is 15.5. The van der Waals surface area contributed by atoms with E-state index in [1.165, 1.54) is 18.2 Å². The molecule has 2 N–H and O–H groups in total. The van der Waals surface area contributed by atoms with Crippen LogP contribution in [0.1, 0.15) is 57.7 Å². The lowest BCUT2D eigenvalue weighted by Gasteiger charge is -2.48. The van der Waals surface area contributed by atoms with Crippen LogP contribution in [0, 0.1) is 17.0 Å². The molecule has 0 bridgehead atoms. The lowest BCUT2D eigenvalue weighted by atomic mass is 9.74. The Hall–Kier alpha value is -3.04. The van der Waals surface area contributed by atoms with Crippen LogP contribution in [0.3, 0.4) is 0 Å². The van der Waals surface area contributed by atoms with Gasteiger partial charge in [0.2, 0.25) is 0 Å². The Bertz CT molecular complexity index is 1500. The highest BCUT2D eigenvalue weighted by atomic mass is 35.5. The van der Waals surface area contributed by atoms with Crippen LogP contribution >= 0.6 is 23.2 Å². The number of nitrogens with two attached hydrogens (primary N) is 1. The van der Waals surface area contributed by atoms with E-state index < -0.39 is 52.3 Å². The van der Waals surface area contributed by atoms with E-state index >= 15 is 8.78 Å². The van der Waals surface area contributed by atoms with Gasteiger partial charge in [-0.3, -0.25) is 9.59 Å². The third-order valence-corrected chi connectivity index (χ3v) is 8.56. The molecule has 0 aliphatic carbocycles. The second kappa shape index (κ2) is 12.5. The second-order valence-electron chi connectivity index (χ2n) is 12.3. The van der Waals surface area contributed by atoms with E-state index in [1.807, 2.05) is 30.3 Å². The summed E-state index contributed by atoms with van der Waals surface area (Å²) in [7, 11) is 0. The Morgan fingerprint density at radius 2 is 1.74 bits per heavy atom. The predicted octanol–water partition coefficient (Wildman–Crippen LogP) is 7.18. The van der Waals surface area contributed by atoms with Crippen molar-refractivity contribution in [3.8, 4) is 0 Å². The highest BCUT2D eigenvalue weighted by Crippen LogP contribution is 2.44. The van der Waals surface area contributed by atoms with E-state index in [-0.39, 0.29) is 40.6 Å². The topological polar surface area (TPSA) is 81.9 Å². The molecule has 0 saturated carbocycles. The second-order valence-corrected chi connectivity index (χ2v) is 13.1. The first kappa shape index (κ1) is 32.9. The maximum atomic E-state index is 15.5. The summed E-state index contributed by atoms with van der Waals surface area (Å²) in [6, 6.07) is 16.1. The summed E-state index contributed by atoms with van der Waals surface area (Å²) in [5.41, 5.74) is 4.26. The van der Waals surface area contributed by atoms with E-state index in [0.29, 0.717) is 0 Å². The van der Waals surface area contributed by atoms with Crippen LogP contribution in [0.5, 0.6) is 0 Å². The zero-order valence-corrected chi connectivity index (χ0v) is 26.3. The number of halogens is 4. The van der Waals surface area contributed by atoms with Gasteiger partial charge in [-0.2, -0.15) is 0 Å². The van der Waals surface area contributed by atoms with Crippen LogP contribution in [0.4, 0.5) is 8.78 Å². The van der Waals surface area contributed by atoms with Crippen LogP contribution in [0.15, 0.2) is 66.7 Å². The zero-order valence-electron chi connectivity index (χ0n) is 24.8. The minimum atomic E-state index is -1.50. The lowest BCUT2D eigenvalue weighted by molar-refractivity contribution is -0.160. The average molecular weight is 634 g/mol. The number of carbonyl (C=O) groups is 2. The van der Waals surface area contributed by atoms with Gasteiger partial charge in [0.1, 0.15) is 24.3 Å². The normalized spacial score (nSPS) is 19.0. The fourth-order valence-corrected chi connectivity index (χ4v) is 6.09. The molecule has 3 aromatic rings. The van der Waals surface area contributed by atoms with Gasteiger partial charge in [-0.25, -0.2) is 13.7 Å². The van der Waals surface area contributed by atoms with Crippen LogP contribution < -0.4 is 5.73 Å². The number of hydrogen-bond donors (Lipinski definition) is 1. The van der Waals surface area contributed by atoms with Gasteiger partial charge in [-0.05, 0) is 70.4 Å². The Balaban J connectivity index is 1.77. The van der Waals surface area contributed by atoms with Crippen molar-refractivity contribution in [2.45, 2.75) is 77.4 Å². The van der Waals surface area contributed by atoms with Crippen LogP contribution in [-0.2, 0) is 37.6 Å². The van der Waals surface area contributed by atoms with Gasteiger partial charge in [-0.15, -0.1) is 0 Å². The van der Waals surface area contributed by atoms with Crippen LogP contribution in [-0.4, -0.2) is 34.6 Å². The number of carbonyl (C=O) groups excluding carboxylic acids is 2. The number of rotatable bonds is 10. The van der Waals surface area contributed by atoms with Crippen molar-refractivity contribution < 1.29 is 27.8 Å². The van der Waals surface area contributed by atoms with Gasteiger partial charge in [0.15, 0.2) is 5.72 Å². The largest absolute Gasteiger partial charge is 0.460 e. The number of nitrogens with zero attached hydrogens (tertiary/aromatic N) is 1. The van der Waals surface area contributed by atoms with E-state index in [1.54, 1.807) is 51.7 Å². The summed E-state index contributed by atoms with van der Waals surface area (Å²) in [6.07, 6.45) is -0.0620. The minimum absolute atomic E-state index is 0.0320. The summed E-state index contributed by atoms with van der Waals surface area (Å²) in [6.45, 7) is 8.47. The quantitative estimate of drug-likeness (QED) is 0.238. The molecule has 230 valence electrons. The van der Waals surface area contributed by atoms with Crippen molar-refractivity contribution in [2.75, 3.05) is 0 Å². The van der Waals surface area contributed by atoms with Gasteiger partial charge in [0, 0.05) is 23.0 Å². The van der Waals surface area contributed by atoms with Crippen molar-refractivity contribution in [2.24, 2.45) is 11.1 Å². The number of benzene rings is 3. The van der Waals surface area contributed by atoms with E-state index in [0.717, 1.165) is 11.6 Å². The molecule has 3 aromatic carbocycles. The molecule has 3 atom stereocenters. The number of hydrogen-bond acceptors (Lipinski definition) is 6. The summed E-state index contributed by atoms with van der Waals surface area (Å²) in [5, 5.41) is 0.105. The molecule has 6 nitrogen and oxygen atoms in total. The molecular formula is C33H36Cl2F2N2O4. The van der Waals surface area contributed by atoms with Crippen LogP contribution in [0.2, 0.25) is 10.0 Å². The molecule has 43 heavy (non-hydrogen) atoms. The van der Waals surface area contributed by atoms with Crippen molar-refractivity contribution >= 4 is 35.1 Å². The fourth-order valence-electron chi connectivity index (χ4n) is 5.73. The van der Waals surface area contributed by atoms with Gasteiger partial charge in [0.05, 0.1) is 16.0 Å². The third-order valence-electron chi connectivity index (χ3n) is 8.03. The predicted molar refractivity (Wildman–Crippen MR) is 162 cm³/mol. The number of ether oxygens (including phenoxy) is 2. The van der Waals surface area contributed by atoms with E-state index in [2.05, 4.69) is 0 Å². The lowest BCUT2D eigenvalue weighted by Crippen LogP contribution is -2.63. The highest BCUT2D eigenvalue weighted by molar-refractivity contribution is 6.31. The van der Waals surface area contributed by atoms with E-state index in [9.17, 15) is 9.59 Å². The summed E-state index contributed by atoms with van der Waals surface area (Å²) < 4.78 is 42.0. The number of esters is 2. The highest BCUT2D eigenvalue weighted by Gasteiger charge is 2.56. The summed E-state index contributed by atoms with van der Waals surface area (Å²) >= 11 is 12.1. The first-order chi connectivity index (χ1) is 20.0. The molecule has 1 saturated heterocycles. The molecular weight excluding hydrogens is 597 g/mol. The molecule has 1 heterocycles. The zero-order chi connectivity index (χ0) is 31.7. The van der Waals surface area contributed by atoms with Crippen molar-refractivity contribution in [1.29, 1.82) is 0 Å². The first-order valence-electron chi connectivity index (χ1n) is 13.9. The van der Waals surface area contributed by atoms with E-state index in [4.69, 9.17) is 38.4 Å². The fraction of sp³-hybridized carbons (Fsp3) is 0.394. The molecule has 4 rings (SSSR count). The SMILES string of the molecule is CC(C)(C[C@H](N1[C@H](Cc2cccc(Cl)c2F)C(=O)OC1(C)C)[C@](C)(N)c1ccc(Cl)cc1F)C(=O)OCc1ccccc1. The van der Waals surface area contributed by atoms with Crippen molar-refractivity contribution in [3.05, 3.63) is 105 Å². The first-order valence-corrected chi connectivity index (χ1v) is 14.7. The summed E-state index contributed by atoms with van der Waals surface area (Å²) in [4.78, 5) is 28.6. The molecule has 1 fully saturated rings. The van der Waals surface area contributed by atoms with Gasteiger partial charge >= 0.3 is 11.9 Å². The monoisotopic (exact) mass is 632 g/mol. The van der Waals surface area contributed by atoms with Crippen molar-refractivity contribution in [3.63, 3.8) is 0 Å². The molecule has 0 aromatic heterocycles. The van der Waals surface area contributed by atoms with Crippen molar-refractivity contribution in [1.82, 2.24) is 4.90 Å². The molecule has 0 radical (unpaired) electrons. The Morgan fingerprint density at radius 3 is 2.40 bits per heavy atom. The van der Waals surface area contributed by atoms with Gasteiger partial charge in [0.25, 0.3) is 0 Å². The Labute approximate surface area is 261 Å². The smallest absolute Gasteiger partial charge is 0.325 e. The Kier molecular flexibility index (Phi) is 9.57. The molecule has 0 spiro atoms. The van der Waals surface area contributed by atoms with Crippen LogP contribution in [0.25, 0.3) is 0 Å².